The second-order valence-corrected chi connectivity index (χ2v) is 3.45. The topological polar surface area (TPSA) is 54.4 Å². The second kappa shape index (κ2) is 3.03. The Bertz CT molecular complexity index is 180. The molecule has 0 amide bonds. The number of aliphatic carboxylic acids is 1. The number of carbonyl (C=O) groups is 2. The Balaban J connectivity index is 4.56. The van der Waals surface area contributed by atoms with Crippen molar-refractivity contribution in [2.75, 3.05) is 0 Å². The molecule has 0 aliphatic heterocycles. The van der Waals surface area contributed by atoms with Crippen molar-refractivity contribution < 1.29 is 14.7 Å². The zero-order valence-electron chi connectivity index (χ0n) is 7.34. The van der Waals surface area contributed by atoms with Crippen LogP contribution in [0.5, 0.6) is 0 Å². The fraction of sp³-hybridized carbons (Fsp3) is 0.750. The molecule has 0 bridgehead atoms. The van der Waals surface area contributed by atoms with Gasteiger partial charge < -0.3 is 5.11 Å². The third-order valence-electron chi connectivity index (χ3n) is 1.68. The third-order valence-corrected chi connectivity index (χ3v) is 1.68. The van der Waals surface area contributed by atoms with Crippen LogP contribution in [0.4, 0.5) is 0 Å². The van der Waals surface area contributed by atoms with Gasteiger partial charge in [0.2, 0.25) is 0 Å². The lowest BCUT2D eigenvalue weighted by molar-refractivity contribution is -0.153. The monoisotopic (exact) mass is 158 g/mol. The molecule has 3 heteroatoms. The van der Waals surface area contributed by atoms with Crippen LogP contribution < -0.4 is 0 Å². The summed E-state index contributed by atoms with van der Waals surface area (Å²) in [6, 6.07) is 0. The first-order valence-electron chi connectivity index (χ1n) is 3.58. The molecular formula is C8H14O3. The van der Waals surface area contributed by atoms with Crippen molar-refractivity contribution in [1.82, 2.24) is 0 Å². The third kappa shape index (κ3) is 2.03. The predicted molar refractivity (Wildman–Crippen MR) is 41.3 cm³/mol. The smallest absolute Gasteiger partial charge is 0.316 e. The summed E-state index contributed by atoms with van der Waals surface area (Å²) in [5.74, 6) is -1.51. The molecule has 11 heavy (non-hydrogen) atoms. The Labute approximate surface area is 66.4 Å². The molecular weight excluding hydrogens is 144 g/mol. The van der Waals surface area contributed by atoms with Gasteiger partial charge in [-0.2, -0.15) is 0 Å². The fourth-order valence-corrected chi connectivity index (χ4v) is 0.827. The van der Waals surface area contributed by atoms with E-state index < -0.39 is 11.4 Å². The molecule has 0 aliphatic carbocycles. The number of carbonyl (C=O) groups excluding carboxylic acids is 1. The minimum absolute atomic E-state index is 0.221. The van der Waals surface area contributed by atoms with Gasteiger partial charge in [-0.05, 0) is 13.8 Å². The fourth-order valence-electron chi connectivity index (χ4n) is 0.827. The van der Waals surface area contributed by atoms with Crippen LogP contribution in [0.1, 0.15) is 27.7 Å². The van der Waals surface area contributed by atoms with Crippen molar-refractivity contribution in [1.29, 1.82) is 0 Å². The standard InChI is InChI=1S/C8H14O3/c1-5(2)6(9)8(3,4)7(10)11/h5H,1-4H3,(H,10,11). The van der Waals surface area contributed by atoms with Crippen molar-refractivity contribution in [3.63, 3.8) is 0 Å². The highest BCUT2D eigenvalue weighted by Crippen LogP contribution is 2.20. The molecule has 0 aromatic heterocycles. The van der Waals surface area contributed by atoms with Crippen LogP contribution in [-0.2, 0) is 9.59 Å². The number of hydrogen-bond donors (Lipinski definition) is 1. The lowest BCUT2D eigenvalue weighted by Gasteiger charge is -2.19. The molecule has 0 saturated heterocycles. The molecule has 0 aromatic carbocycles. The Hall–Kier alpha value is -0.860. The normalized spacial score (nSPS) is 11.7. The zero-order valence-corrected chi connectivity index (χ0v) is 7.34. The molecule has 64 valence electrons. The van der Waals surface area contributed by atoms with E-state index in [0.29, 0.717) is 0 Å². The van der Waals surface area contributed by atoms with Gasteiger partial charge in [-0.15, -0.1) is 0 Å². The van der Waals surface area contributed by atoms with Gasteiger partial charge in [0, 0.05) is 5.92 Å². The number of Topliss-reactive ketones (excluding diaryl/α,β-unsaturated/α-hetero) is 1. The molecule has 0 spiro atoms. The number of hydrogen-bond acceptors (Lipinski definition) is 2. The largest absolute Gasteiger partial charge is 0.481 e. The lowest BCUT2D eigenvalue weighted by atomic mass is 9.83. The van der Waals surface area contributed by atoms with Gasteiger partial charge in [0.15, 0.2) is 5.78 Å². The number of carboxylic acids is 1. The summed E-state index contributed by atoms with van der Waals surface area (Å²) in [7, 11) is 0. The summed E-state index contributed by atoms with van der Waals surface area (Å²) >= 11 is 0. The van der Waals surface area contributed by atoms with E-state index in [9.17, 15) is 9.59 Å². The average molecular weight is 158 g/mol. The highest BCUT2D eigenvalue weighted by molar-refractivity contribution is 6.02. The molecule has 0 fully saturated rings. The summed E-state index contributed by atoms with van der Waals surface area (Å²) in [6.07, 6.45) is 0. The van der Waals surface area contributed by atoms with Crippen LogP contribution in [0.2, 0.25) is 0 Å². The molecule has 0 atom stereocenters. The molecule has 0 saturated carbocycles. The van der Waals surface area contributed by atoms with Crippen LogP contribution in [0, 0.1) is 11.3 Å². The van der Waals surface area contributed by atoms with Crippen molar-refractivity contribution in [2.24, 2.45) is 11.3 Å². The van der Waals surface area contributed by atoms with Gasteiger partial charge in [-0.1, -0.05) is 13.8 Å². The van der Waals surface area contributed by atoms with Crippen molar-refractivity contribution in [2.45, 2.75) is 27.7 Å². The summed E-state index contributed by atoms with van der Waals surface area (Å²) in [5.41, 5.74) is -1.24. The van der Waals surface area contributed by atoms with Crippen LogP contribution in [0.3, 0.4) is 0 Å². The minimum Gasteiger partial charge on any atom is -0.481 e. The quantitative estimate of drug-likeness (QED) is 0.630. The van der Waals surface area contributed by atoms with Crippen LogP contribution in [0.25, 0.3) is 0 Å². The molecule has 0 aliphatic rings. The van der Waals surface area contributed by atoms with E-state index in [1.807, 2.05) is 0 Å². The summed E-state index contributed by atoms with van der Waals surface area (Å²) in [5, 5.41) is 8.64. The molecule has 0 heterocycles. The second-order valence-electron chi connectivity index (χ2n) is 3.45. The van der Waals surface area contributed by atoms with Gasteiger partial charge in [-0.25, -0.2) is 0 Å². The van der Waals surface area contributed by atoms with E-state index in [4.69, 9.17) is 5.11 Å². The first-order chi connectivity index (χ1) is 4.80. The van der Waals surface area contributed by atoms with Crippen LogP contribution >= 0.6 is 0 Å². The molecule has 0 radical (unpaired) electrons. The van der Waals surface area contributed by atoms with Crippen LogP contribution in [0.15, 0.2) is 0 Å². The van der Waals surface area contributed by atoms with E-state index in [1.54, 1.807) is 13.8 Å². The predicted octanol–water partition coefficient (Wildman–Crippen LogP) is 1.32. The maximum atomic E-state index is 11.2. The Morgan fingerprint density at radius 2 is 1.64 bits per heavy atom. The van der Waals surface area contributed by atoms with Crippen molar-refractivity contribution in [3.05, 3.63) is 0 Å². The summed E-state index contributed by atoms with van der Waals surface area (Å²) in [6.45, 7) is 6.26. The summed E-state index contributed by atoms with van der Waals surface area (Å²) < 4.78 is 0. The maximum Gasteiger partial charge on any atom is 0.316 e. The van der Waals surface area contributed by atoms with Gasteiger partial charge in [0.1, 0.15) is 5.41 Å². The first-order valence-corrected chi connectivity index (χ1v) is 3.58. The highest BCUT2D eigenvalue weighted by Gasteiger charge is 2.36. The molecule has 0 unspecified atom stereocenters. The number of rotatable bonds is 3. The molecule has 0 aromatic rings. The van der Waals surface area contributed by atoms with Crippen LogP contribution in [-0.4, -0.2) is 16.9 Å². The van der Waals surface area contributed by atoms with Crippen molar-refractivity contribution in [3.8, 4) is 0 Å². The first kappa shape index (κ1) is 10.1. The zero-order chi connectivity index (χ0) is 9.23. The lowest BCUT2D eigenvalue weighted by Crippen LogP contribution is -2.36. The van der Waals surface area contributed by atoms with Gasteiger partial charge in [-0.3, -0.25) is 9.59 Å². The van der Waals surface area contributed by atoms with E-state index in [0.717, 1.165) is 0 Å². The number of ketones is 1. The highest BCUT2D eigenvalue weighted by atomic mass is 16.4. The summed E-state index contributed by atoms with van der Waals surface area (Å²) in [4.78, 5) is 21.8. The van der Waals surface area contributed by atoms with Crippen molar-refractivity contribution >= 4 is 11.8 Å². The molecule has 0 rings (SSSR count). The van der Waals surface area contributed by atoms with Gasteiger partial charge in [0.05, 0.1) is 0 Å². The van der Waals surface area contributed by atoms with E-state index in [-0.39, 0.29) is 11.7 Å². The maximum absolute atomic E-state index is 11.2. The molecule has 1 N–H and O–H groups in total. The number of carboxylic acid groups (broad SMARTS) is 1. The van der Waals surface area contributed by atoms with E-state index in [2.05, 4.69) is 0 Å². The Kier molecular flexibility index (Phi) is 2.79. The van der Waals surface area contributed by atoms with Gasteiger partial charge >= 0.3 is 5.97 Å². The van der Waals surface area contributed by atoms with E-state index >= 15 is 0 Å². The minimum atomic E-state index is -1.24. The van der Waals surface area contributed by atoms with Gasteiger partial charge in [0.25, 0.3) is 0 Å². The Morgan fingerprint density at radius 3 is 1.73 bits per heavy atom. The SMILES string of the molecule is CC(C)C(=O)C(C)(C)C(=O)O. The molecule has 3 nitrogen and oxygen atoms in total. The van der Waals surface area contributed by atoms with E-state index in [1.165, 1.54) is 13.8 Å². The average Bonchev–Trinajstić information content (AvgIpc) is 1.85. The Morgan fingerprint density at radius 1 is 1.27 bits per heavy atom.